The third-order valence-corrected chi connectivity index (χ3v) is 5.69. The number of hydrogen-bond donors (Lipinski definition) is 1. The maximum atomic E-state index is 13.8. The molecule has 0 unspecified atom stereocenters. The Morgan fingerprint density at radius 1 is 1.07 bits per heavy atom. The van der Waals surface area contributed by atoms with E-state index in [0.717, 1.165) is 17.4 Å². The number of carbonyl (C=O) groups excluding carboxylic acids is 1. The summed E-state index contributed by atoms with van der Waals surface area (Å²) in [4.78, 5) is 16.7. The van der Waals surface area contributed by atoms with Crippen molar-refractivity contribution >= 4 is 44.8 Å². The largest absolute Gasteiger partial charge is 0.421 e. The van der Waals surface area contributed by atoms with Crippen molar-refractivity contribution < 1.29 is 22.7 Å². The molecule has 2 heterocycles. The fourth-order valence-electron chi connectivity index (χ4n) is 2.93. The quantitative estimate of drug-likeness (QED) is 0.289. The second-order valence-corrected chi connectivity index (χ2v) is 7.67. The van der Waals surface area contributed by atoms with Crippen LogP contribution in [0.25, 0.3) is 21.5 Å². The first-order valence-corrected chi connectivity index (χ1v) is 9.77. The van der Waals surface area contributed by atoms with E-state index in [2.05, 4.69) is 4.98 Å². The molecule has 2 aromatic carbocycles. The van der Waals surface area contributed by atoms with Crippen LogP contribution < -0.4 is 10.5 Å². The van der Waals surface area contributed by atoms with E-state index < -0.39 is 17.7 Å². The first-order chi connectivity index (χ1) is 14.3. The number of halogens is 4. The molecule has 0 radical (unpaired) electrons. The number of nitrogens with zero attached hydrogens (tertiary/aromatic N) is 1. The van der Waals surface area contributed by atoms with E-state index >= 15 is 0 Å². The molecule has 0 saturated carbocycles. The highest BCUT2D eigenvalue weighted by atomic mass is 35.5. The summed E-state index contributed by atoms with van der Waals surface area (Å²) in [5.74, 6) is -0.826. The molecule has 0 fully saturated rings. The van der Waals surface area contributed by atoms with E-state index in [1.807, 2.05) is 0 Å². The fraction of sp³-hybridized carbons (Fsp3) is 0.0476. The topological polar surface area (TPSA) is 65.2 Å². The number of hydrogen-bond acceptors (Lipinski definition) is 5. The second kappa shape index (κ2) is 7.62. The number of anilines is 1. The van der Waals surface area contributed by atoms with Crippen molar-refractivity contribution in [3.8, 4) is 17.0 Å². The molecule has 30 heavy (non-hydrogen) atoms. The summed E-state index contributed by atoms with van der Waals surface area (Å²) < 4.78 is 46.6. The SMILES string of the molecule is Nc1c(C(=O)Oc2ccccc2Cl)sc2nc(-c3ccccc3)cc(C(F)(F)F)c12. The molecule has 0 amide bonds. The van der Waals surface area contributed by atoms with Crippen molar-refractivity contribution in [2.75, 3.05) is 5.73 Å². The lowest BCUT2D eigenvalue weighted by Crippen LogP contribution is -2.10. The lowest BCUT2D eigenvalue weighted by molar-refractivity contribution is -0.136. The molecular formula is C21H12ClF3N2O2S. The zero-order valence-electron chi connectivity index (χ0n) is 15.0. The molecule has 0 aliphatic heterocycles. The predicted octanol–water partition coefficient (Wildman–Crippen LogP) is 6.44. The third-order valence-electron chi connectivity index (χ3n) is 4.30. The highest BCUT2D eigenvalue weighted by Crippen LogP contribution is 2.43. The number of alkyl halides is 3. The number of fused-ring (bicyclic) bond motifs is 1. The molecular weight excluding hydrogens is 437 g/mol. The summed E-state index contributed by atoms with van der Waals surface area (Å²) in [6, 6.07) is 15.6. The van der Waals surface area contributed by atoms with Crippen molar-refractivity contribution in [2.45, 2.75) is 6.18 Å². The van der Waals surface area contributed by atoms with Gasteiger partial charge in [0.2, 0.25) is 0 Å². The van der Waals surface area contributed by atoms with Crippen LogP contribution in [0.5, 0.6) is 5.75 Å². The number of ether oxygens (including phenoxy) is 1. The van der Waals surface area contributed by atoms with Gasteiger partial charge in [-0.3, -0.25) is 0 Å². The molecule has 0 atom stereocenters. The third kappa shape index (κ3) is 3.71. The lowest BCUT2D eigenvalue weighted by atomic mass is 10.1. The van der Waals surface area contributed by atoms with Crippen LogP contribution in [-0.2, 0) is 6.18 Å². The van der Waals surface area contributed by atoms with Gasteiger partial charge in [0.15, 0.2) is 0 Å². The Morgan fingerprint density at radius 3 is 2.40 bits per heavy atom. The van der Waals surface area contributed by atoms with Crippen LogP contribution in [0.4, 0.5) is 18.9 Å². The van der Waals surface area contributed by atoms with Crippen molar-refractivity contribution in [3.63, 3.8) is 0 Å². The minimum absolute atomic E-state index is 0.00714. The van der Waals surface area contributed by atoms with E-state index in [4.69, 9.17) is 22.1 Å². The molecule has 4 nitrogen and oxygen atoms in total. The summed E-state index contributed by atoms with van der Waals surface area (Å²) in [6.07, 6.45) is -4.69. The highest BCUT2D eigenvalue weighted by molar-refractivity contribution is 7.21. The molecule has 152 valence electrons. The number of para-hydroxylation sites is 1. The number of carbonyl (C=O) groups is 1. The Labute approximate surface area is 177 Å². The predicted molar refractivity (Wildman–Crippen MR) is 111 cm³/mol. The van der Waals surface area contributed by atoms with E-state index in [-0.39, 0.29) is 37.2 Å². The average Bonchev–Trinajstić information content (AvgIpc) is 3.05. The Hall–Kier alpha value is -3.10. The van der Waals surface area contributed by atoms with Crippen LogP contribution in [0.3, 0.4) is 0 Å². The number of esters is 1. The molecule has 0 saturated heterocycles. The van der Waals surface area contributed by atoms with Crippen molar-refractivity contribution in [2.24, 2.45) is 0 Å². The molecule has 0 spiro atoms. The van der Waals surface area contributed by atoms with Crippen LogP contribution in [0.2, 0.25) is 5.02 Å². The van der Waals surface area contributed by atoms with Gasteiger partial charge in [-0.1, -0.05) is 54.1 Å². The number of aromatic nitrogens is 1. The monoisotopic (exact) mass is 448 g/mol. The van der Waals surface area contributed by atoms with Crippen LogP contribution in [0, 0.1) is 0 Å². The minimum atomic E-state index is -4.69. The summed E-state index contributed by atoms with van der Waals surface area (Å²) in [5, 5.41) is -0.135. The van der Waals surface area contributed by atoms with Gasteiger partial charge in [0.1, 0.15) is 15.5 Å². The van der Waals surface area contributed by atoms with Gasteiger partial charge < -0.3 is 10.5 Å². The maximum Gasteiger partial charge on any atom is 0.417 e. The van der Waals surface area contributed by atoms with Crippen LogP contribution in [0.15, 0.2) is 60.7 Å². The van der Waals surface area contributed by atoms with Crippen molar-refractivity contribution in [1.82, 2.24) is 4.98 Å². The molecule has 2 aromatic heterocycles. The Kier molecular flexibility index (Phi) is 5.13. The number of thiophene rings is 1. The van der Waals surface area contributed by atoms with Crippen LogP contribution in [-0.4, -0.2) is 11.0 Å². The Balaban J connectivity index is 1.86. The normalized spacial score (nSPS) is 11.6. The van der Waals surface area contributed by atoms with Gasteiger partial charge in [-0.2, -0.15) is 13.2 Å². The average molecular weight is 449 g/mol. The van der Waals surface area contributed by atoms with E-state index in [9.17, 15) is 18.0 Å². The molecule has 0 aliphatic carbocycles. The standard InChI is InChI=1S/C21H12ClF3N2O2S/c22-13-8-4-5-9-15(13)29-20(28)18-17(26)16-12(21(23,24)25)10-14(27-19(16)30-18)11-6-2-1-3-7-11/h1-10H,26H2. The first kappa shape index (κ1) is 20.2. The van der Waals surface area contributed by atoms with Crippen molar-refractivity contribution in [3.05, 3.63) is 76.1 Å². The molecule has 4 aromatic rings. The lowest BCUT2D eigenvalue weighted by Gasteiger charge is -2.11. The molecule has 4 rings (SSSR count). The minimum Gasteiger partial charge on any atom is -0.421 e. The summed E-state index contributed by atoms with van der Waals surface area (Å²) in [6.45, 7) is 0. The summed E-state index contributed by atoms with van der Waals surface area (Å²) in [7, 11) is 0. The Bertz CT molecular complexity index is 1260. The molecule has 2 N–H and O–H groups in total. The second-order valence-electron chi connectivity index (χ2n) is 6.26. The van der Waals surface area contributed by atoms with Gasteiger partial charge >= 0.3 is 12.1 Å². The smallest absolute Gasteiger partial charge is 0.417 e. The number of benzene rings is 2. The van der Waals surface area contributed by atoms with Crippen LogP contribution >= 0.6 is 22.9 Å². The molecule has 0 aliphatic rings. The summed E-state index contributed by atoms with van der Waals surface area (Å²) in [5.41, 5.74) is 5.30. The number of nitrogens with two attached hydrogens (primary N) is 1. The first-order valence-electron chi connectivity index (χ1n) is 8.58. The van der Waals surface area contributed by atoms with Gasteiger partial charge in [-0.15, -0.1) is 11.3 Å². The fourth-order valence-corrected chi connectivity index (χ4v) is 4.10. The summed E-state index contributed by atoms with van der Waals surface area (Å²) >= 11 is 6.72. The van der Waals surface area contributed by atoms with E-state index in [1.165, 1.54) is 12.1 Å². The van der Waals surface area contributed by atoms with Gasteiger partial charge in [-0.25, -0.2) is 9.78 Å². The zero-order chi connectivity index (χ0) is 21.5. The van der Waals surface area contributed by atoms with Gasteiger partial charge in [0.05, 0.1) is 22.0 Å². The van der Waals surface area contributed by atoms with E-state index in [1.54, 1.807) is 42.5 Å². The Morgan fingerprint density at radius 2 is 1.73 bits per heavy atom. The maximum absolute atomic E-state index is 13.8. The zero-order valence-corrected chi connectivity index (χ0v) is 16.6. The van der Waals surface area contributed by atoms with Gasteiger partial charge in [-0.05, 0) is 18.2 Å². The van der Waals surface area contributed by atoms with Gasteiger partial charge in [0, 0.05) is 10.9 Å². The van der Waals surface area contributed by atoms with E-state index in [0.29, 0.717) is 5.56 Å². The number of nitrogen functional groups attached to an aromatic ring is 1. The highest BCUT2D eigenvalue weighted by Gasteiger charge is 2.36. The van der Waals surface area contributed by atoms with Crippen LogP contribution in [0.1, 0.15) is 15.2 Å². The molecule has 0 bridgehead atoms. The van der Waals surface area contributed by atoms with Gasteiger partial charge in [0.25, 0.3) is 0 Å². The number of rotatable bonds is 3. The molecule has 9 heteroatoms. The number of pyridine rings is 1. The van der Waals surface area contributed by atoms with Crippen molar-refractivity contribution in [1.29, 1.82) is 0 Å².